The van der Waals surface area contributed by atoms with Crippen LogP contribution in [0.15, 0.2) is 59.5 Å². The van der Waals surface area contributed by atoms with Crippen molar-refractivity contribution in [2.45, 2.75) is 13.0 Å². The highest BCUT2D eigenvalue weighted by molar-refractivity contribution is 5.35. The molecule has 2 aromatic heterocycles. The largest absolute Gasteiger partial charge is 0.469 e. The quantitative estimate of drug-likeness (QED) is 0.790. The maximum Gasteiger partial charge on any atom is 0.105 e. The lowest BCUT2D eigenvalue weighted by Gasteiger charge is -2.13. The standard InChI is InChI=1S/C16H17N3O/c1-12-15(8-9-20-12)16(17-2)13-10-18-19(11-13)14-6-4-3-5-7-14/h3-11,16-17H,1-2H3. The number of aromatic nitrogens is 2. The Bertz CT molecular complexity index is 685. The molecule has 20 heavy (non-hydrogen) atoms. The summed E-state index contributed by atoms with van der Waals surface area (Å²) < 4.78 is 7.28. The first-order valence-corrected chi connectivity index (χ1v) is 6.61. The second-order valence-electron chi connectivity index (χ2n) is 4.71. The summed E-state index contributed by atoms with van der Waals surface area (Å²) in [6.45, 7) is 1.97. The average Bonchev–Trinajstić information content (AvgIpc) is 3.12. The molecule has 0 aliphatic carbocycles. The van der Waals surface area contributed by atoms with E-state index in [1.807, 2.05) is 67.4 Å². The van der Waals surface area contributed by atoms with Gasteiger partial charge in [0.1, 0.15) is 5.76 Å². The predicted octanol–water partition coefficient (Wildman–Crippen LogP) is 3.08. The van der Waals surface area contributed by atoms with Gasteiger partial charge in [0.25, 0.3) is 0 Å². The van der Waals surface area contributed by atoms with E-state index < -0.39 is 0 Å². The Morgan fingerprint density at radius 2 is 2.00 bits per heavy atom. The second kappa shape index (κ2) is 5.35. The number of benzene rings is 1. The normalized spacial score (nSPS) is 12.5. The van der Waals surface area contributed by atoms with Gasteiger partial charge in [-0.25, -0.2) is 4.68 Å². The van der Waals surface area contributed by atoms with Crippen molar-refractivity contribution in [3.05, 3.63) is 71.9 Å². The lowest BCUT2D eigenvalue weighted by molar-refractivity contribution is 0.523. The Kier molecular flexibility index (Phi) is 3.39. The fourth-order valence-electron chi connectivity index (χ4n) is 2.40. The summed E-state index contributed by atoms with van der Waals surface area (Å²) in [6, 6.07) is 12.2. The molecule has 4 heteroatoms. The molecule has 1 N–H and O–H groups in total. The summed E-state index contributed by atoms with van der Waals surface area (Å²) >= 11 is 0. The molecule has 0 saturated heterocycles. The van der Waals surface area contributed by atoms with E-state index in [9.17, 15) is 0 Å². The van der Waals surface area contributed by atoms with Gasteiger partial charge >= 0.3 is 0 Å². The smallest absolute Gasteiger partial charge is 0.105 e. The van der Waals surface area contributed by atoms with E-state index in [1.54, 1.807) is 6.26 Å². The maximum absolute atomic E-state index is 5.39. The van der Waals surface area contributed by atoms with E-state index in [0.717, 1.165) is 22.6 Å². The molecule has 4 nitrogen and oxygen atoms in total. The molecule has 102 valence electrons. The van der Waals surface area contributed by atoms with Crippen molar-refractivity contribution in [3.63, 3.8) is 0 Å². The third-order valence-electron chi connectivity index (χ3n) is 3.46. The van der Waals surface area contributed by atoms with Crippen LogP contribution in [-0.2, 0) is 0 Å². The maximum atomic E-state index is 5.39. The van der Waals surface area contributed by atoms with Gasteiger partial charge in [0.05, 0.1) is 24.2 Å². The second-order valence-corrected chi connectivity index (χ2v) is 4.71. The molecule has 0 aliphatic rings. The van der Waals surface area contributed by atoms with Gasteiger partial charge in [-0.15, -0.1) is 0 Å². The summed E-state index contributed by atoms with van der Waals surface area (Å²) in [5.41, 5.74) is 3.30. The monoisotopic (exact) mass is 267 g/mol. The molecule has 0 amide bonds. The number of nitrogens with one attached hydrogen (secondary N) is 1. The van der Waals surface area contributed by atoms with Gasteiger partial charge in [-0.3, -0.25) is 0 Å². The highest BCUT2D eigenvalue weighted by Crippen LogP contribution is 2.25. The Hall–Kier alpha value is -2.33. The summed E-state index contributed by atoms with van der Waals surface area (Å²) in [7, 11) is 1.94. The number of rotatable bonds is 4. The van der Waals surface area contributed by atoms with Crippen LogP contribution >= 0.6 is 0 Å². The first kappa shape index (κ1) is 12.7. The number of furan rings is 1. The minimum atomic E-state index is 0.0891. The minimum absolute atomic E-state index is 0.0891. The van der Waals surface area contributed by atoms with Crippen molar-refractivity contribution in [1.82, 2.24) is 15.1 Å². The van der Waals surface area contributed by atoms with Crippen LogP contribution in [0, 0.1) is 6.92 Å². The molecule has 0 fully saturated rings. The molecule has 1 atom stereocenters. The Morgan fingerprint density at radius 3 is 2.65 bits per heavy atom. The van der Waals surface area contributed by atoms with E-state index in [2.05, 4.69) is 10.4 Å². The van der Waals surface area contributed by atoms with Crippen molar-refractivity contribution >= 4 is 0 Å². The van der Waals surface area contributed by atoms with E-state index in [-0.39, 0.29) is 6.04 Å². The van der Waals surface area contributed by atoms with E-state index in [0.29, 0.717) is 0 Å². The fraction of sp³-hybridized carbons (Fsp3) is 0.188. The molecular weight excluding hydrogens is 250 g/mol. The highest BCUT2D eigenvalue weighted by atomic mass is 16.3. The van der Waals surface area contributed by atoms with Gasteiger partial charge in [0, 0.05) is 17.3 Å². The summed E-state index contributed by atoms with van der Waals surface area (Å²) in [6.07, 6.45) is 5.65. The third-order valence-corrected chi connectivity index (χ3v) is 3.46. The molecule has 0 spiro atoms. The van der Waals surface area contributed by atoms with Crippen LogP contribution < -0.4 is 5.32 Å². The van der Waals surface area contributed by atoms with E-state index in [4.69, 9.17) is 4.42 Å². The van der Waals surface area contributed by atoms with Gasteiger partial charge in [-0.05, 0) is 32.2 Å². The zero-order valence-corrected chi connectivity index (χ0v) is 11.6. The zero-order chi connectivity index (χ0) is 13.9. The van der Waals surface area contributed by atoms with E-state index >= 15 is 0 Å². The van der Waals surface area contributed by atoms with Crippen molar-refractivity contribution in [2.24, 2.45) is 0 Å². The molecule has 2 heterocycles. The number of nitrogens with zero attached hydrogens (tertiary/aromatic N) is 2. The van der Waals surface area contributed by atoms with Crippen LogP contribution in [0.4, 0.5) is 0 Å². The van der Waals surface area contributed by atoms with Crippen molar-refractivity contribution in [2.75, 3.05) is 7.05 Å². The summed E-state index contributed by atoms with van der Waals surface area (Å²) in [5, 5.41) is 7.75. The van der Waals surface area contributed by atoms with Gasteiger partial charge in [0.2, 0.25) is 0 Å². The van der Waals surface area contributed by atoms with E-state index in [1.165, 1.54) is 0 Å². The SMILES string of the molecule is CNC(c1cnn(-c2ccccc2)c1)c1ccoc1C. The van der Waals surface area contributed by atoms with Crippen LogP contribution in [0.1, 0.15) is 22.9 Å². The third kappa shape index (κ3) is 2.26. The lowest BCUT2D eigenvalue weighted by atomic mass is 10.0. The Morgan fingerprint density at radius 1 is 1.20 bits per heavy atom. The molecule has 0 saturated carbocycles. The lowest BCUT2D eigenvalue weighted by Crippen LogP contribution is -2.17. The van der Waals surface area contributed by atoms with Gasteiger partial charge in [-0.2, -0.15) is 5.10 Å². The number of hydrogen-bond acceptors (Lipinski definition) is 3. The van der Waals surface area contributed by atoms with Crippen molar-refractivity contribution in [1.29, 1.82) is 0 Å². The molecule has 0 aliphatic heterocycles. The minimum Gasteiger partial charge on any atom is -0.469 e. The number of aryl methyl sites for hydroxylation is 1. The molecule has 1 aromatic carbocycles. The first-order valence-electron chi connectivity index (χ1n) is 6.61. The Balaban J connectivity index is 1.95. The molecule has 0 radical (unpaired) electrons. The van der Waals surface area contributed by atoms with Crippen LogP contribution in [-0.4, -0.2) is 16.8 Å². The van der Waals surface area contributed by atoms with Gasteiger partial charge < -0.3 is 9.73 Å². The molecule has 0 bridgehead atoms. The number of para-hydroxylation sites is 1. The van der Waals surface area contributed by atoms with Crippen LogP contribution in [0.3, 0.4) is 0 Å². The Labute approximate surface area is 118 Å². The molecular formula is C16H17N3O. The highest BCUT2D eigenvalue weighted by Gasteiger charge is 2.18. The number of hydrogen-bond donors (Lipinski definition) is 1. The molecule has 3 aromatic rings. The molecule has 3 rings (SSSR count). The summed E-state index contributed by atoms with van der Waals surface area (Å²) in [5.74, 6) is 0.928. The average molecular weight is 267 g/mol. The van der Waals surface area contributed by atoms with Gasteiger partial charge in [-0.1, -0.05) is 18.2 Å². The topological polar surface area (TPSA) is 43.0 Å². The predicted molar refractivity (Wildman–Crippen MR) is 77.9 cm³/mol. The molecule has 1 unspecified atom stereocenters. The van der Waals surface area contributed by atoms with Crippen LogP contribution in [0.25, 0.3) is 5.69 Å². The van der Waals surface area contributed by atoms with Gasteiger partial charge in [0.15, 0.2) is 0 Å². The first-order chi connectivity index (χ1) is 9.79. The van der Waals surface area contributed by atoms with Crippen molar-refractivity contribution < 1.29 is 4.42 Å². The summed E-state index contributed by atoms with van der Waals surface area (Å²) in [4.78, 5) is 0. The van der Waals surface area contributed by atoms with Crippen LogP contribution in [0.5, 0.6) is 0 Å². The van der Waals surface area contributed by atoms with Crippen molar-refractivity contribution in [3.8, 4) is 5.69 Å². The van der Waals surface area contributed by atoms with Crippen LogP contribution in [0.2, 0.25) is 0 Å². The fourth-order valence-corrected chi connectivity index (χ4v) is 2.40. The zero-order valence-electron chi connectivity index (χ0n) is 11.6.